The van der Waals surface area contributed by atoms with Crippen molar-refractivity contribution in [1.82, 2.24) is 0 Å². The Morgan fingerprint density at radius 1 is 0.875 bits per heavy atom. The van der Waals surface area contributed by atoms with Crippen LogP contribution in [0.15, 0.2) is 66.7 Å². The van der Waals surface area contributed by atoms with Crippen LogP contribution >= 0.6 is 0 Å². The average molecular weight is 424 g/mol. The van der Waals surface area contributed by atoms with E-state index in [1.807, 2.05) is 56.3 Å². The Morgan fingerprint density at radius 2 is 1.47 bits per heavy atom. The van der Waals surface area contributed by atoms with E-state index in [0.717, 1.165) is 22.3 Å². The Balaban J connectivity index is 1.68. The second-order valence-electron chi connectivity index (χ2n) is 8.98. The lowest BCUT2D eigenvalue weighted by Gasteiger charge is -2.48. The summed E-state index contributed by atoms with van der Waals surface area (Å²) in [6.45, 7) is 3.74. The number of carbonyl (C=O) groups is 2. The second-order valence-corrected chi connectivity index (χ2v) is 8.98. The number of carbonyl (C=O) groups excluding carboxylic acids is 2. The molecule has 1 heterocycles. The molecule has 4 aliphatic rings. The quantitative estimate of drug-likeness (QED) is 0.353. The lowest BCUT2D eigenvalue weighted by atomic mass is 9.51. The van der Waals surface area contributed by atoms with E-state index in [0.29, 0.717) is 16.8 Å². The fourth-order valence-electron chi connectivity index (χ4n) is 6.24. The van der Waals surface area contributed by atoms with Gasteiger partial charge in [0, 0.05) is 22.0 Å². The predicted molar refractivity (Wildman–Crippen MR) is 118 cm³/mol. The summed E-state index contributed by atoms with van der Waals surface area (Å²) in [5.74, 6) is -3.12. The van der Waals surface area contributed by atoms with Crippen molar-refractivity contribution in [3.05, 3.63) is 110 Å². The van der Waals surface area contributed by atoms with Crippen LogP contribution in [0.4, 0.5) is 5.69 Å². The molecule has 0 spiro atoms. The fourth-order valence-corrected chi connectivity index (χ4v) is 6.24. The van der Waals surface area contributed by atoms with Crippen LogP contribution in [-0.2, 0) is 15.1 Å². The number of benzene rings is 3. The predicted octanol–water partition coefficient (Wildman–Crippen LogP) is 4.09. The highest BCUT2D eigenvalue weighted by Gasteiger charge is 2.74. The third-order valence-electron chi connectivity index (χ3n) is 7.47. The van der Waals surface area contributed by atoms with E-state index in [2.05, 4.69) is 0 Å². The van der Waals surface area contributed by atoms with Gasteiger partial charge in [-0.05, 0) is 42.2 Å². The molecule has 6 heteroatoms. The van der Waals surface area contributed by atoms with Gasteiger partial charge in [-0.2, -0.15) is 0 Å². The lowest BCUT2D eigenvalue weighted by Crippen LogP contribution is -2.57. The van der Waals surface area contributed by atoms with Crippen molar-refractivity contribution in [2.45, 2.75) is 25.3 Å². The van der Waals surface area contributed by atoms with Crippen molar-refractivity contribution in [2.24, 2.45) is 11.8 Å². The fraction of sp³-hybridized carbons (Fsp3) is 0.231. The van der Waals surface area contributed by atoms with Gasteiger partial charge < -0.3 is 0 Å². The molecular weight excluding hydrogens is 404 g/mol. The highest BCUT2D eigenvalue weighted by atomic mass is 16.6. The Hall–Kier alpha value is -3.80. The third-order valence-corrected chi connectivity index (χ3v) is 7.47. The van der Waals surface area contributed by atoms with Gasteiger partial charge in [0.05, 0.1) is 11.6 Å². The van der Waals surface area contributed by atoms with E-state index in [1.165, 1.54) is 4.90 Å². The lowest BCUT2D eigenvalue weighted by molar-refractivity contribution is -0.578. The number of nitrogens with zero attached hydrogens (tertiary/aromatic N) is 2. The van der Waals surface area contributed by atoms with Gasteiger partial charge in [0.2, 0.25) is 11.8 Å². The number of imide groups is 1. The summed E-state index contributed by atoms with van der Waals surface area (Å²) in [6.07, 6.45) is 0. The van der Waals surface area contributed by atoms with Gasteiger partial charge in [0.1, 0.15) is 5.92 Å². The van der Waals surface area contributed by atoms with Crippen molar-refractivity contribution in [2.75, 3.05) is 4.90 Å². The minimum absolute atomic E-state index is 0.338. The third kappa shape index (κ3) is 2.00. The van der Waals surface area contributed by atoms with Crippen molar-refractivity contribution in [3.8, 4) is 0 Å². The van der Waals surface area contributed by atoms with Gasteiger partial charge in [0.15, 0.2) is 0 Å². The van der Waals surface area contributed by atoms with E-state index in [1.54, 1.807) is 24.3 Å². The van der Waals surface area contributed by atoms with Crippen LogP contribution in [0, 0.1) is 35.8 Å². The van der Waals surface area contributed by atoms with Crippen LogP contribution in [0.2, 0.25) is 0 Å². The topological polar surface area (TPSA) is 80.5 Å². The van der Waals surface area contributed by atoms with Crippen LogP contribution in [0.3, 0.4) is 0 Å². The standard InChI is InChI=1S/C26H20N2O4/c1-14-11-12-15(2)20(13-14)27-24(29)22-21-16-7-3-5-9-18(16)26(28(31)32,23(22)25(27)30)19-10-6-4-8-17(19)21/h3-13,21-23H,1-2H3/t21?,22-,23-,26?/m1/s1. The van der Waals surface area contributed by atoms with Gasteiger partial charge in [0.25, 0.3) is 5.54 Å². The van der Waals surface area contributed by atoms with E-state index in [9.17, 15) is 19.7 Å². The molecule has 0 aromatic heterocycles. The highest BCUT2D eigenvalue weighted by molar-refractivity contribution is 6.24. The van der Waals surface area contributed by atoms with Crippen LogP contribution < -0.4 is 4.90 Å². The maximum Gasteiger partial charge on any atom is 0.285 e. The molecule has 2 atom stereocenters. The highest BCUT2D eigenvalue weighted by Crippen LogP contribution is 2.64. The largest absolute Gasteiger partial charge is 0.285 e. The zero-order chi connectivity index (χ0) is 22.4. The summed E-state index contributed by atoms with van der Waals surface area (Å²) in [6, 6.07) is 20.0. The van der Waals surface area contributed by atoms with Gasteiger partial charge in [-0.15, -0.1) is 0 Å². The van der Waals surface area contributed by atoms with E-state index in [-0.39, 0.29) is 16.7 Å². The number of hydrogen-bond donors (Lipinski definition) is 0. The van der Waals surface area contributed by atoms with Crippen LogP contribution in [0.25, 0.3) is 0 Å². The number of aryl methyl sites for hydroxylation is 2. The number of rotatable bonds is 2. The molecule has 7 rings (SSSR count). The molecule has 3 aromatic carbocycles. The molecule has 0 unspecified atom stereocenters. The number of nitro groups is 1. The van der Waals surface area contributed by atoms with Crippen LogP contribution in [0.1, 0.15) is 39.3 Å². The molecule has 3 aromatic rings. The molecule has 1 fully saturated rings. The Morgan fingerprint density at radius 3 is 2.06 bits per heavy atom. The number of anilines is 1. The van der Waals surface area contributed by atoms with Crippen molar-refractivity contribution < 1.29 is 14.5 Å². The summed E-state index contributed by atoms with van der Waals surface area (Å²) < 4.78 is 0. The SMILES string of the molecule is Cc1ccc(C)c(N2C(=O)[C@@H]3C4c5ccccc5C([N+](=O)[O-])(c5ccccc54)[C@H]3C2=O)c1. The monoisotopic (exact) mass is 424 g/mol. The minimum Gasteiger partial charge on any atom is -0.274 e. The summed E-state index contributed by atoms with van der Waals surface area (Å²) in [7, 11) is 0. The first kappa shape index (κ1) is 18.9. The molecule has 3 aliphatic carbocycles. The molecule has 0 N–H and O–H groups in total. The van der Waals surface area contributed by atoms with Gasteiger partial charge in [-0.3, -0.25) is 19.7 Å². The molecule has 0 saturated carbocycles. The van der Waals surface area contributed by atoms with Crippen molar-refractivity contribution >= 4 is 17.5 Å². The minimum atomic E-state index is -1.79. The molecule has 0 radical (unpaired) electrons. The van der Waals surface area contributed by atoms with Gasteiger partial charge in [-0.1, -0.05) is 60.7 Å². The van der Waals surface area contributed by atoms with E-state index < -0.39 is 23.3 Å². The van der Waals surface area contributed by atoms with E-state index in [4.69, 9.17) is 0 Å². The molecule has 2 amide bonds. The van der Waals surface area contributed by atoms with Crippen LogP contribution in [0.5, 0.6) is 0 Å². The number of amides is 2. The Labute approximate surface area is 184 Å². The summed E-state index contributed by atoms with van der Waals surface area (Å²) in [5.41, 5.74) is 3.03. The molecular formula is C26H20N2O4. The molecule has 1 aliphatic heterocycles. The zero-order valence-corrected chi connectivity index (χ0v) is 17.6. The smallest absolute Gasteiger partial charge is 0.274 e. The Bertz CT molecular complexity index is 1310. The number of hydrogen-bond acceptors (Lipinski definition) is 4. The molecule has 2 bridgehead atoms. The molecule has 6 nitrogen and oxygen atoms in total. The summed E-state index contributed by atoms with van der Waals surface area (Å²) >= 11 is 0. The van der Waals surface area contributed by atoms with Crippen molar-refractivity contribution in [3.63, 3.8) is 0 Å². The average Bonchev–Trinajstić information content (AvgIpc) is 3.06. The van der Waals surface area contributed by atoms with Gasteiger partial charge in [-0.25, -0.2) is 4.90 Å². The molecule has 1 saturated heterocycles. The van der Waals surface area contributed by atoms with Crippen molar-refractivity contribution in [1.29, 1.82) is 0 Å². The first-order valence-corrected chi connectivity index (χ1v) is 10.7. The zero-order valence-electron chi connectivity index (χ0n) is 17.6. The maximum absolute atomic E-state index is 13.9. The first-order valence-electron chi connectivity index (χ1n) is 10.7. The van der Waals surface area contributed by atoms with Crippen LogP contribution in [-0.4, -0.2) is 16.7 Å². The summed E-state index contributed by atoms with van der Waals surface area (Å²) in [5, 5.41) is 12.9. The van der Waals surface area contributed by atoms with Gasteiger partial charge >= 0.3 is 0 Å². The molecule has 158 valence electrons. The van der Waals surface area contributed by atoms with E-state index >= 15 is 0 Å². The normalized spacial score (nSPS) is 27.2. The first-order chi connectivity index (χ1) is 15.4. The summed E-state index contributed by atoms with van der Waals surface area (Å²) in [4.78, 5) is 41.6. The second kappa shape index (κ2) is 6.13. The maximum atomic E-state index is 13.9. The molecule has 32 heavy (non-hydrogen) atoms. The Kier molecular flexibility index (Phi) is 3.62.